The van der Waals surface area contributed by atoms with E-state index in [1.54, 1.807) is 24.3 Å². The van der Waals surface area contributed by atoms with Crippen molar-refractivity contribution in [2.75, 3.05) is 5.73 Å². The van der Waals surface area contributed by atoms with Crippen molar-refractivity contribution < 1.29 is 4.74 Å². The molecule has 5 heteroatoms. The van der Waals surface area contributed by atoms with Crippen molar-refractivity contribution in [3.05, 3.63) is 58.6 Å². The third-order valence-corrected chi connectivity index (χ3v) is 3.63. The van der Waals surface area contributed by atoms with Gasteiger partial charge < -0.3 is 10.5 Å². The number of hydrogen-bond donors (Lipinski definition) is 1. The number of rotatable bonds is 2. The molecule has 0 spiro atoms. The van der Waals surface area contributed by atoms with E-state index in [0.717, 1.165) is 15.4 Å². The van der Waals surface area contributed by atoms with Crippen LogP contribution < -0.4 is 10.5 Å². The Bertz CT molecular complexity index is 871. The molecule has 0 aliphatic rings. The molecule has 4 nitrogen and oxygen atoms in total. The number of nitrogens with two attached hydrogens (primary N) is 1. The van der Waals surface area contributed by atoms with Crippen LogP contribution in [0.3, 0.4) is 0 Å². The maximum absolute atomic E-state index is 9.27. The summed E-state index contributed by atoms with van der Waals surface area (Å²) in [5.74, 6) is 0.789. The summed E-state index contributed by atoms with van der Waals surface area (Å²) in [5, 5.41) is 10.2. The number of benzene rings is 2. The van der Waals surface area contributed by atoms with E-state index >= 15 is 0 Å². The molecule has 0 saturated heterocycles. The highest BCUT2D eigenvalue weighted by molar-refractivity contribution is 9.10. The first-order valence-electron chi connectivity index (χ1n) is 6.20. The summed E-state index contributed by atoms with van der Waals surface area (Å²) in [6, 6.07) is 16.7. The van der Waals surface area contributed by atoms with Crippen molar-refractivity contribution in [3.8, 4) is 17.7 Å². The Kier molecular flexibility index (Phi) is 3.46. The zero-order chi connectivity index (χ0) is 14.8. The van der Waals surface area contributed by atoms with Crippen LogP contribution in [0.25, 0.3) is 10.9 Å². The van der Waals surface area contributed by atoms with Gasteiger partial charge in [0.1, 0.15) is 17.4 Å². The number of nitrogen functional groups attached to an aromatic ring is 1. The van der Waals surface area contributed by atoms with Gasteiger partial charge in [0.15, 0.2) is 0 Å². The number of fused-ring (bicyclic) bond motifs is 1. The van der Waals surface area contributed by atoms with Gasteiger partial charge in [-0.05, 0) is 40.2 Å². The Morgan fingerprint density at radius 1 is 1.14 bits per heavy atom. The third kappa shape index (κ3) is 2.67. The van der Waals surface area contributed by atoms with Crippen LogP contribution in [0.15, 0.2) is 53.0 Å². The van der Waals surface area contributed by atoms with Crippen molar-refractivity contribution in [2.45, 2.75) is 0 Å². The van der Waals surface area contributed by atoms with E-state index in [1.807, 2.05) is 24.3 Å². The molecular weight excluding hydrogens is 330 g/mol. The largest absolute Gasteiger partial charge is 0.436 e. The number of aromatic nitrogens is 1. The number of nitrogens with zero attached hydrogens (tertiary/aromatic N) is 2. The minimum atomic E-state index is 0.266. The number of anilines is 1. The van der Waals surface area contributed by atoms with Gasteiger partial charge in [0.25, 0.3) is 0 Å². The first kappa shape index (κ1) is 13.4. The second-order valence-corrected chi connectivity index (χ2v) is 5.29. The van der Waals surface area contributed by atoms with E-state index < -0.39 is 0 Å². The molecule has 0 radical (unpaired) electrons. The SMILES string of the molecule is N#Cc1cc2ccccc2nc1Oc1cc(N)ccc1Br. The molecule has 2 aromatic carbocycles. The van der Waals surface area contributed by atoms with Crippen molar-refractivity contribution >= 4 is 32.5 Å². The number of para-hydroxylation sites is 1. The normalized spacial score (nSPS) is 10.3. The van der Waals surface area contributed by atoms with Gasteiger partial charge in [0.2, 0.25) is 5.88 Å². The molecule has 0 saturated carbocycles. The zero-order valence-electron chi connectivity index (χ0n) is 10.9. The fraction of sp³-hybridized carbons (Fsp3) is 0. The molecule has 1 aromatic heterocycles. The Morgan fingerprint density at radius 2 is 1.95 bits per heavy atom. The van der Waals surface area contributed by atoms with Crippen LogP contribution in [0.2, 0.25) is 0 Å². The first-order valence-corrected chi connectivity index (χ1v) is 6.99. The van der Waals surface area contributed by atoms with Crippen LogP contribution >= 0.6 is 15.9 Å². The quantitative estimate of drug-likeness (QED) is 0.708. The van der Waals surface area contributed by atoms with Gasteiger partial charge in [-0.1, -0.05) is 18.2 Å². The topological polar surface area (TPSA) is 71.9 Å². The van der Waals surface area contributed by atoms with Crippen LogP contribution in [0.4, 0.5) is 5.69 Å². The summed E-state index contributed by atoms with van der Waals surface area (Å²) in [4.78, 5) is 4.41. The lowest BCUT2D eigenvalue weighted by atomic mass is 10.1. The molecule has 0 unspecified atom stereocenters. The van der Waals surface area contributed by atoms with Crippen molar-refractivity contribution in [2.24, 2.45) is 0 Å². The summed E-state index contributed by atoms with van der Waals surface area (Å²) in [6.45, 7) is 0. The summed E-state index contributed by atoms with van der Waals surface area (Å²) in [7, 11) is 0. The molecule has 0 aliphatic heterocycles. The van der Waals surface area contributed by atoms with Gasteiger partial charge in [0, 0.05) is 17.1 Å². The van der Waals surface area contributed by atoms with E-state index in [1.165, 1.54) is 0 Å². The maximum atomic E-state index is 9.27. The molecule has 102 valence electrons. The average molecular weight is 340 g/mol. The van der Waals surface area contributed by atoms with E-state index in [2.05, 4.69) is 27.0 Å². The zero-order valence-corrected chi connectivity index (χ0v) is 12.5. The van der Waals surface area contributed by atoms with E-state index in [9.17, 15) is 5.26 Å². The van der Waals surface area contributed by atoms with Crippen LogP contribution in [-0.4, -0.2) is 4.98 Å². The predicted octanol–water partition coefficient (Wildman–Crippen LogP) is 4.24. The van der Waals surface area contributed by atoms with Gasteiger partial charge in [-0.3, -0.25) is 0 Å². The molecule has 0 bridgehead atoms. The number of pyridine rings is 1. The van der Waals surface area contributed by atoms with Crippen LogP contribution in [0.5, 0.6) is 11.6 Å². The number of hydrogen-bond acceptors (Lipinski definition) is 4. The molecule has 0 fully saturated rings. The van der Waals surface area contributed by atoms with Gasteiger partial charge in [-0.25, -0.2) is 4.98 Å². The monoisotopic (exact) mass is 339 g/mol. The predicted molar refractivity (Wildman–Crippen MR) is 85.1 cm³/mol. The van der Waals surface area contributed by atoms with Crippen LogP contribution in [0, 0.1) is 11.3 Å². The van der Waals surface area contributed by atoms with Gasteiger partial charge in [0.05, 0.1) is 9.99 Å². The summed E-state index contributed by atoms with van der Waals surface area (Å²) < 4.78 is 6.51. The van der Waals surface area contributed by atoms with Crippen molar-refractivity contribution in [1.82, 2.24) is 4.98 Å². The average Bonchev–Trinajstić information content (AvgIpc) is 2.50. The van der Waals surface area contributed by atoms with E-state index in [4.69, 9.17) is 10.5 Å². The molecular formula is C16H10BrN3O. The highest BCUT2D eigenvalue weighted by atomic mass is 79.9. The molecule has 0 atom stereocenters. The van der Waals surface area contributed by atoms with Crippen LogP contribution in [0.1, 0.15) is 5.56 Å². The van der Waals surface area contributed by atoms with Gasteiger partial charge in [-0.2, -0.15) is 5.26 Å². The van der Waals surface area contributed by atoms with Gasteiger partial charge >= 0.3 is 0 Å². The Hall–Kier alpha value is -2.58. The second kappa shape index (κ2) is 5.43. The third-order valence-electron chi connectivity index (χ3n) is 2.97. The van der Waals surface area contributed by atoms with Crippen molar-refractivity contribution in [3.63, 3.8) is 0 Å². The molecule has 0 amide bonds. The highest BCUT2D eigenvalue weighted by Crippen LogP contribution is 2.33. The number of halogens is 1. The molecule has 1 heterocycles. The molecule has 0 aliphatic carbocycles. The fourth-order valence-corrected chi connectivity index (χ4v) is 2.29. The maximum Gasteiger partial charge on any atom is 0.237 e. The minimum absolute atomic E-state index is 0.266. The van der Waals surface area contributed by atoms with Gasteiger partial charge in [-0.15, -0.1) is 0 Å². The summed E-state index contributed by atoms with van der Waals surface area (Å²) in [6.07, 6.45) is 0. The van der Waals surface area contributed by atoms with E-state index in [-0.39, 0.29) is 5.88 Å². The lowest BCUT2D eigenvalue weighted by Gasteiger charge is -2.10. The number of ether oxygens (including phenoxy) is 1. The van der Waals surface area contributed by atoms with Crippen molar-refractivity contribution in [1.29, 1.82) is 5.26 Å². The van der Waals surface area contributed by atoms with Crippen LogP contribution in [-0.2, 0) is 0 Å². The smallest absolute Gasteiger partial charge is 0.237 e. The molecule has 3 rings (SSSR count). The second-order valence-electron chi connectivity index (χ2n) is 4.44. The Balaban J connectivity index is 2.11. The molecule has 2 N–H and O–H groups in total. The lowest BCUT2D eigenvalue weighted by molar-refractivity contribution is 0.461. The lowest BCUT2D eigenvalue weighted by Crippen LogP contribution is -1.95. The summed E-state index contributed by atoms with van der Waals surface area (Å²) in [5.41, 5.74) is 7.48. The highest BCUT2D eigenvalue weighted by Gasteiger charge is 2.11. The standard InChI is InChI=1S/C16H10BrN3O/c17-13-6-5-12(19)8-15(13)21-16-11(9-18)7-10-3-1-2-4-14(10)20-16/h1-8H,19H2. The Morgan fingerprint density at radius 3 is 2.76 bits per heavy atom. The minimum Gasteiger partial charge on any atom is -0.436 e. The molecule has 21 heavy (non-hydrogen) atoms. The summed E-state index contributed by atoms with van der Waals surface area (Å²) >= 11 is 3.39. The first-order chi connectivity index (χ1) is 10.2. The fourth-order valence-electron chi connectivity index (χ4n) is 1.96. The molecule has 3 aromatic rings. The Labute approximate surface area is 129 Å². The number of nitriles is 1. The van der Waals surface area contributed by atoms with E-state index in [0.29, 0.717) is 17.0 Å².